The van der Waals surface area contributed by atoms with Crippen LogP contribution in [-0.4, -0.2) is 25.2 Å². The van der Waals surface area contributed by atoms with E-state index in [-0.39, 0.29) is 4.88 Å². The van der Waals surface area contributed by atoms with E-state index in [1.807, 2.05) is 48.5 Å². The van der Waals surface area contributed by atoms with Gasteiger partial charge >= 0.3 is 0 Å². The van der Waals surface area contributed by atoms with Gasteiger partial charge in [0, 0.05) is 11.6 Å². The zero-order chi connectivity index (χ0) is 18.5. The SMILES string of the molecule is COc1cc(/C=C/c2nc(-c3ccccc3)c(C(=O)[O-])s2)cc(OC)c1. The fourth-order valence-corrected chi connectivity index (χ4v) is 3.26. The summed E-state index contributed by atoms with van der Waals surface area (Å²) in [5.74, 6) is 0.108. The maximum atomic E-state index is 11.5. The van der Waals surface area contributed by atoms with Crippen LogP contribution in [0, 0.1) is 0 Å². The first-order valence-electron chi connectivity index (χ1n) is 7.79. The van der Waals surface area contributed by atoms with Gasteiger partial charge in [-0.25, -0.2) is 4.98 Å². The zero-order valence-corrected chi connectivity index (χ0v) is 15.1. The number of carboxylic acid groups (broad SMARTS) is 1. The molecular formula is C20H16NO4S-. The highest BCUT2D eigenvalue weighted by Gasteiger charge is 2.12. The van der Waals surface area contributed by atoms with E-state index in [4.69, 9.17) is 9.47 Å². The van der Waals surface area contributed by atoms with Crippen LogP contribution in [0.1, 0.15) is 20.2 Å². The molecule has 0 aliphatic rings. The van der Waals surface area contributed by atoms with Crippen LogP contribution in [0.5, 0.6) is 11.5 Å². The normalized spacial score (nSPS) is 10.8. The number of hydrogen-bond donors (Lipinski definition) is 0. The first-order chi connectivity index (χ1) is 12.6. The van der Waals surface area contributed by atoms with Crippen molar-refractivity contribution < 1.29 is 19.4 Å². The Labute approximate surface area is 155 Å². The van der Waals surface area contributed by atoms with Crippen LogP contribution in [0.3, 0.4) is 0 Å². The topological polar surface area (TPSA) is 71.5 Å². The maximum absolute atomic E-state index is 11.5. The average Bonchev–Trinajstić information content (AvgIpc) is 3.11. The van der Waals surface area contributed by atoms with Gasteiger partial charge in [-0.3, -0.25) is 0 Å². The minimum Gasteiger partial charge on any atom is -0.544 e. The molecule has 0 amide bonds. The lowest BCUT2D eigenvalue weighted by molar-refractivity contribution is -0.254. The Bertz CT molecular complexity index is 925. The highest BCUT2D eigenvalue weighted by molar-refractivity contribution is 7.14. The third kappa shape index (κ3) is 3.92. The molecule has 0 fully saturated rings. The number of carbonyl (C=O) groups excluding carboxylic acids is 1. The van der Waals surface area contributed by atoms with Crippen LogP contribution in [0.2, 0.25) is 0 Å². The Kier molecular flexibility index (Phi) is 5.34. The minimum atomic E-state index is -1.23. The summed E-state index contributed by atoms with van der Waals surface area (Å²) in [7, 11) is 3.17. The van der Waals surface area contributed by atoms with Crippen LogP contribution < -0.4 is 14.6 Å². The zero-order valence-electron chi connectivity index (χ0n) is 14.3. The molecule has 3 aromatic rings. The smallest absolute Gasteiger partial charge is 0.123 e. The molecule has 0 spiro atoms. The van der Waals surface area contributed by atoms with Gasteiger partial charge in [-0.05, 0) is 23.8 Å². The molecule has 0 radical (unpaired) electrons. The van der Waals surface area contributed by atoms with Crippen molar-refractivity contribution in [1.29, 1.82) is 0 Å². The van der Waals surface area contributed by atoms with Crippen molar-refractivity contribution in [3.63, 3.8) is 0 Å². The predicted octanol–water partition coefficient (Wildman–Crippen LogP) is 3.36. The second-order valence-corrected chi connectivity index (χ2v) is 6.39. The molecule has 3 rings (SSSR count). The molecule has 2 aromatic carbocycles. The van der Waals surface area contributed by atoms with Gasteiger partial charge in [0.25, 0.3) is 0 Å². The Balaban J connectivity index is 1.96. The predicted molar refractivity (Wildman–Crippen MR) is 100 cm³/mol. The fourth-order valence-electron chi connectivity index (χ4n) is 2.43. The molecule has 0 atom stereocenters. The Morgan fingerprint density at radius 3 is 2.27 bits per heavy atom. The van der Waals surface area contributed by atoms with Crippen LogP contribution in [0.25, 0.3) is 23.4 Å². The van der Waals surface area contributed by atoms with Crippen molar-refractivity contribution in [2.45, 2.75) is 0 Å². The number of carbonyl (C=O) groups is 1. The lowest BCUT2D eigenvalue weighted by Crippen LogP contribution is -2.21. The summed E-state index contributed by atoms with van der Waals surface area (Å²) in [4.78, 5) is 16.0. The van der Waals surface area contributed by atoms with E-state index in [9.17, 15) is 9.90 Å². The molecule has 5 nitrogen and oxygen atoms in total. The van der Waals surface area contributed by atoms with Crippen LogP contribution in [0.4, 0.5) is 0 Å². The van der Waals surface area contributed by atoms with Gasteiger partial charge in [0.1, 0.15) is 16.5 Å². The quantitative estimate of drug-likeness (QED) is 0.669. The molecule has 0 bridgehead atoms. The molecule has 6 heteroatoms. The van der Waals surface area contributed by atoms with E-state index < -0.39 is 5.97 Å². The Hall–Kier alpha value is -3.12. The number of methoxy groups -OCH3 is 2. The van der Waals surface area contributed by atoms with Crippen LogP contribution in [0.15, 0.2) is 48.5 Å². The number of rotatable bonds is 6. The molecule has 0 saturated heterocycles. The van der Waals surface area contributed by atoms with E-state index >= 15 is 0 Å². The molecule has 26 heavy (non-hydrogen) atoms. The van der Waals surface area contributed by atoms with E-state index in [1.54, 1.807) is 26.4 Å². The molecule has 0 saturated carbocycles. The van der Waals surface area contributed by atoms with Crippen molar-refractivity contribution in [3.05, 3.63) is 64.0 Å². The lowest BCUT2D eigenvalue weighted by atomic mass is 10.1. The highest BCUT2D eigenvalue weighted by atomic mass is 32.1. The van der Waals surface area contributed by atoms with Crippen molar-refractivity contribution >= 4 is 29.5 Å². The third-order valence-electron chi connectivity index (χ3n) is 3.67. The standard InChI is InChI=1S/C20H17NO4S/c1-24-15-10-13(11-16(12-15)25-2)8-9-17-21-18(19(26-17)20(22)23)14-6-4-3-5-7-14/h3-12H,1-2H3,(H,22,23)/p-1/b9-8+. The van der Waals surface area contributed by atoms with Gasteiger partial charge in [0.2, 0.25) is 0 Å². The van der Waals surface area contributed by atoms with Gasteiger partial charge in [0.15, 0.2) is 0 Å². The van der Waals surface area contributed by atoms with Crippen LogP contribution in [-0.2, 0) is 0 Å². The lowest BCUT2D eigenvalue weighted by Gasteiger charge is -2.05. The summed E-state index contributed by atoms with van der Waals surface area (Å²) in [6.45, 7) is 0. The average molecular weight is 366 g/mol. The summed E-state index contributed by atoms with van der Waals surface area (Å²) >= 11 is 1.08. The second kappa shape index (κ2) is 7.84. The van der Waals surface area contributed by atoms with Gasteiger partial charge in [-0.2, -0.15) is 0 Å². The van der Waals surface area contributed by atoms with E-state index in [1.165, 1.54) is 0 Å². The second-order valence-electron chi connectivity index (χ2n) is 5.36. The van der Waals surface area contributed by atoms with Crippen molar-refractivity contribution in [2.24, 2.45) is 0 Å². The summed E-state index contributed by atoms with van der Waals surface area (Å²) in [5.41, 5.74) is 2.01. The monoisotopic (exact) mass is 366 g/mol. The number of aromatic nitrogens is 1. The van der Waals surface area contributed by atoms with Gasteiger partial charge < -0.3 is 19.4 Å². The summed E-state index contributed by atoms with van der Waals surface area (Å²) in [5, 5.41) is 12.0. The number of nitrogens with zero attached hydrogens (tertiary/aromatic N) is 1. The Morgan fingerprint density at radius 2 is 1.69 bits per heavy atom. The highest BCUT2D eigenvalue weighted by Crippen LogP contribution is 2.29. The Morgan fingerprint density at radius 1 is 1.04 bits per heavy atom. The first kappa shape index (κ1) is 17.7. The molecule has 0 unspecified atom stereocenters. The molecular weight excluding hydrogens is 350 g/mol. The largest absolute Gasteiger partial charge is 0.544 e. The van der Waals surface area contributed by atoms with Crippen molar-refractivity contribution in [2.75, 3.05) is 14.2 Å². The third-order valence-corrected chi connectivity index (χ3v) is 4.67. The van der Waals surface area contributed by atoms with Crippen molar-refractivity contribution in [1.82, 2.24) is 4.98 Å². The molecule has 1 aromatic heterocycles. The number of ether oxygens (including phenoxy) is 2. The molecule has 0 N–H and O–H groups in total. The molecule has 0 aliphatic heterocycles. The van der Waals surface area contributed by atoms with E-state index in [0.717, 1.165) is 22.5 Å². The van der Waals surface area contributed by atoms with Crippen LogP contribution >= 0.6 is 11.3 Å². The summed E-state index contributed by atoms with van der Waals surface area (Å²) < 4.78 is 10.5. The maximum Gasteiger partial charge on any atom is 0.123 e. The van der Waals surface area contributed by atoms with Gasteiger partial charge in [-0.15, -0.1) is 11.3 Å². The number of aromatic carboxylic acids is 1. The molecule has 0 aliphatic carbocycles. The van der Waals surface area contributed by atoms with E-state index in [0.29, 0.717) is 22.2 Å². The van der Waals surface area contributed by atoms with E-state index in [2.05, 4.69) is 4.98 Å². The van der Waals surface area contributed by atoms with Gasteiger partial charge in [-0.1, -0.05) is 36.4 Å². The summed E-state index contributed by atoms with van der Waals surface area (Å²) in [6, 6.07) is 14.7. The minimum absolute atomic E-state index is 0.110. The molecule has 1 heterocycles. The number of benzene rings is 2. The first-order valence-corrected chi connectivity index (χ1v) is 8.61. The number of thiazole rings is 1. The molecule has 132 valence electrons. The number of hydrogen-bond acceptors (Lipinski definition) is 6. The van der Waals surface area contributed by atoms with Crippen molar-refractivity contribution in [3.8, 4) is 22.8 Å². The number of carboxylic acids is 1. The fraction of sp³-hybridized carbons (Fsp3) is 0.100. The van der Waals surface area contributed by atoms with Gasteiger partial charge in [0.05, 0.1) is 30.8 Å². The summed E-state index contributed by atoms with van der Waals surface area (Å²) in [6.07, 6.45) is 3.59.